The molecule has 2 fully saturated rings. The molecule has 0 aromatic rings. The molecule has 1 saturated carbocycles. The van der Waals surface area contributed by atoms with E-state index in [4.69, 9.17) is 0 Å². The quantitative estimate of drug-likeness (QED) is 0.748. The summed E-state index contributed by atoms with van der Waals surface area (Å²) < 4.78 is 0. The number of carbonyl (C=O) groups excluding carboxylic acids is 1. The highest BCUT2D eigenvalue weighted by Gasteiger charge is 2.38. The molecule has 0 bridgehead atoms. The summed E-state index contributed by atoms with van der Waals surface area (Å²) in [5.74, 6) is 1.61. The first-order chi connectivity index (χ1) is 8.40. The second kappa shape index (κ2) is 5.32. The predicted octanol–water partition coefficient (Wildman–Crippen LogP) is 3.50. The molecule has 1 aliphatic carbocycles. The maximum absolute atomic E-state index is 12.5. The van der Waals surface area contributed by atoms with E-state index in [1.807, 2.05) is 0 Å². The third-order valence-corrected chi connectivity index (χ3v) is 5.09. The van der Waals surface area contributed by atoms with Gasteiger partial charge in [-0.25, -0.2) is 0 Å². The van der Waals surface area contributed by atoms with Gasteiger partial charge in [-0.15, -0.1) is 0 Å². The third-order valence-electron chi connectivity index (χ3n) is 5.09. The zero-order valence-electron chi connectivity index (χ0n) is 12.5. The minimum Gasteiger partial charge on any atom is -0.300 e. The Hall–Kier alpha value is -0.370. The van der Waals surface area contributed by atoms with Crippen LogP contribution >= 0.6 is 0 Å². The largest absolute Gasteiger partial charge is 0.300 e. The van der Waals surface area contributed by atoms with Crippen LogP contribution in [0.3, 0.4) is 0 Å². The molecule has 2 aliphatic rings. The first-order valence-corrected chi connectivity index (χ1v) is 7.68. The van der Waals surface area contributed by atoms with Crippen LogP contribution in [-0.2, 0) is 4.79 Å². The molecule has 3 unspecified atom stereocenters. The van der Waals surface area contributed by atoms with Crippen LogP contribution < -0.4 is 0 Å². The van der Waals surface area contributed by atoms with Crippen LogP contribution in [0.5, 0.6) is 0 Å². The van der Waals surface area contributed by atoms with Gasteiger partial charge in [0, 0.05) is 30.5 Å². The van der Waals surface area contributed by atoms with Crippen molar-refractivity contribution in [2.75, 3.05) is 13.1 Å². The summed E-state index contributed by atoms with van der Waals surface area (Å²) in [5.41, 5.74) is -0.0758. The van der Waals surface area contributed by atoms with Gasteiger partial charge in [-0.1, -0.05) is 27.2 Å². The zero-order chi connectivity index (χ0) is 13.3. The molecule has 0 N–H and O–H groups in total. The van der Waals surface area contributed by atoms with Gasteiger partial charge in [-0.2, -0.15) is 0 Å². The number of carbonyl (C=O) groups is 1. The molecule has 0 aromatic heterocycles. The van der Waals surface area contributed by atoms with Crippen molar-refractivity contribution >= 4 is 5.78 Å². The topological polar surface area (TPSA) is 20.3 Å². The Morgan fingerprint density at radius 2 is 1.94 bits per heavy atom. The Bertz CT molecular complexity index is 310. The highest BCUT2D eigenvalue weighted by Crippen LogP contribution is 2.36. The highest BCUT2D eigenvalue weighted by molar-refractivity contribution is 5.87. The Labute approximate surface area is 112 Å². The normalized spacial score (nSPS) is 37.8. The molecule has 2 rings (SSSR count). The number of rotatable bonds is 2. The average molecular weight is 251 g/mol. The number of likely N-dealkylation sites (tertiary alicyclic amines) is 1. The third kappa shape index (κ3) is 2.96. The smallest absolute Gasteiger partial charge is 0.142 e. The summed E-state index contributed by atoms with van der Waals surface area (Å²) >= 11 is 0. The van der Waals surface area contributed by atoms with E-state index in [0.29, 0.717) is 17.7 Å². The number of nitrogens with zero attached hydrogens (tertiary/aromatic N) is 1. The SMILES string of the molecule is CC1CCC(C)N(CC2CCCC(C)(C)C2=O)C1. The fourth-order valence-electron chi connectivity index (χ4n) is 3.69. The van der Waals surface area contributed by atoms with Crippen molar-refractivity contribution < 1.29 is 4.79 Å². The number of Topliss-reactive ketones (excluding diaryl/α,β-unsaturated/α-hetero) is 1. The second-order valence-corrected chi connectivity index (χ2v) is 7.32. The Kier molecular flexibility index (Phi) is 4.15. The van der Waals surface area contributed by atoms with Crippen LogP contribution in [0.4, 0.5) is 0 Å². The number of hydrogen-bond donors (Lipinski definition) is 0. The van der Waals surface area contributed by atoms with Crippen molar-refractivity contribution in [1.29, 1.82) is 0 Å². The second-order valence-electron chi connectivity index (χ2n) is 7.32. The van der Waals surface area contributed by atoms with Gasteiger partial charge in [0.25, 0.3) is 0 Å². The summed E-state index contributed by atoms with van der Waals surface area (Å²) in [7, 11) is 0. The van der Waals surface area contributed by atoms with E-state index in [1.54, 1.807) is 0 Å². The van der Waals surface area contributed by atoms with E-state index in [0.717, 1.165) is 25.3 Å². The molecule has 0 radical (unpaired) electrons. The van der Waals surface area contributed by atoms with Gasteiger partial charge >= 0.3 is 0 Å². The van der Waals surface area contributed by atoms with Crippen molar-refractivity contribution in [3.8, 4) is 0 Å². The predicted molar refractivity (Wildman–Crippen MR) is 75.6 cm³/mol. The fourth-order valence-corrected chi connectivity index (χ4v) is 3.69. The lowest BCUT2D eigenvalue weighted by Crippen LogP contribution is -2.47. The summed E-state index contributed by atoms with van der Waals surface area (Å²) in [6.45, 7) is 11.1. The molecule has 1 saturated heterocycles. The summed E-state index contributed by atoms with van der Waals surface area (Å²) in [4.78, 5) is 15.0. The van der Waals surface area contributed by atoms with E-state index in [9.17, 15) is 4.79 Å². The van der Waals surface area contributed by atoms with Crippen molar-refractivity contribution in [2.45, 2.75) is 65.8 Å². The van der Waals surface area contributed by atoms with Crippen molar-refractivity contribution in [3.05, 3.63) is 0 Å². The highest BCUT2D eigenvalue weighted by atomic mass is 16.1. The number of piperidine rings is 1. The number of hydrogen-bond acceptors (Lipinski definition) is 2. The van der Waals surface area contributed by atoms with E-state index < -0.39 is 0 Å². The van der Waals surface area contributed by atoms with Gasteiger partial charge in [0.2, 0.25) is 0 Å². The Balaban J connectivity index is 1.97. The summed E-state index contributed by atoms with van der Waals surface area (Å²) in [6, 6.07) is 0.666. The average Bonchev–Trinajstić information content (AvgIpc) is 2.30. The maximum atomic E-state index is 12.5. The molecule has 104 valence electrons. The summed E-state index contributed by atoms with van der Waals surface area (Å²) in [5, 5.41) is 0. The molecule has 2 nitrogen and oxygen atoms in total. The van der Waals surface area contributed by atoms with Crippen LogP contribution in [0.1, 0.15) is 59.8 Å². The van der Waals surface area contributed by atoms with Crippen LogP contribution in [0.2, 0.25) is 0 Å². The lowest BCUT2D eigenvalue weighted by Gasteiger charge is -2.41. The van der Waals surface area contributed by atoms with Gasteiger partial charge in [-0.3, -0.25) is 9.69 Å². The Morgan fingerprint density at radius 1 is 1.22 bits per heavy atom. The van der Waals surface area contributed by atoms with E-state index in [2.05, 4.69) is 32.6 Å². The molecule has 0 aromatic carbocycles. The van der Waals surface area contributed by atoms with Crippen LogP contribution in [0.25, 0.3) is 0 Å². The molecule has 0 spiro atoms. The van der Waals surface area contributed by atoms with Crippen LogP contribution in [0.15, 0.2) is 0 Å². The van der Waals surface area contributed by atoms with Gasteiger partial charge in [0.1, 0.15) is 5.78 Å². The minimum atomic E-state index is -0.0758. The molecule has 2 heteroatoms. The van der Waals surface area contributed by atoms with E-state index in [1.165, 1.54) is 25.8 Å². The van der Waals surface area contributed by atoms with Gasteiger partial charge in [0.05, 0.1) is 0 Å². The lowest BCUT2D eigenvalue weighted by molar-refractivity contribution is -0.135. The van der Waals surface area contributed by atoms with Crippen molar-refractivity contribution in [3.63, 3.8) is 0 Å². The lowest BCUT2D eigenvalue weighted by atomic mass is 9.70. The molecular weight excluding hydrogens is 222 g/mol. The first kappa shape index (κ1) is 14.0. The molecule has 3 atom stereocenters. The first-order valence-electron chi connectivity index (χ1n) is 7.68. The standard InChI is InChI=1S/C16H29NO/c1-12-7-8-13(2)17(10-12)11-14-6-5-9-16(3,4)15(14)18/h12-14H,5-11H2,1-4H3. The van der Waals surface area contributed by atoms with E-state index >= 15 is 0 Å². The molecule has 1 heterocycles. The maximum Gasteiger partial charge on any atom is 0.142 e. The van der Waals surface area contributed by atoms with E-state index in [-0.39, 0.29) is 5.41 Å². The monoisotopic (exact) mass is 251 g/mol. The minimum absolute atomic E-state index is 0.0758. The van der Waals surface area contributed by atoms with Crippen LogP contribution in [-0.4, -0.2) is 29.8 Å². The van der Waals surface area contributed by atoms with Crippen LogP contribution in [0, 0.1) is 17.3 Å². The van der Waals surface area contributed by atoms with Crippen molar-refractivity contribution in [2.24, 2.45) is 17.3 Å². The van der Waals surface area contributed by atoms with Crippen molar-refractivity contribution in [1.82, 2.24) is 4.90 Å². The Morgan fingerprint density at radius 3 is 2.67 bits per heavy atom. The molecule has 0 amide bonds. The molecular formula is C16H29NO. The van der Waals surface area contributed by atoms with Gasteiger partial charge < -0.3 is 0 Å². The number of ketones is 1. The molecule has 18 heavy (non-hydrogen) atoms. The van der Waals surface area contributed by atoms with Gasteiger partial charge in [-0.05, 0) is 38.5 Å². The summed E-state index contributed by atoms with van der Waals surface area (Å²) in [6.07, 6.45) is 6.06. The van der Waals surface area contributed by atoms with Gasteiger partial charge in [0.15, 0.2) is 0 Å². The fraction of sp³-hybridized carbons (Fsp3) is 0.938. The molecule has 1 aliphatic heterocycles. The zero-order valence-corrected chi connectivity index (χ0v) is 12.5.